The van der Waals surface area contributed by atoms with Crippen LogP contribution in [0.1, 0.15) is 5.69 Å². The lowest BCUT2D eigenvalue weighted by Gasteiger charge is -2.17. The van der Waals surface area contributed by atoms with Gasteiger partial charge in [-0.15, -0.1) is 11.3 Å². The highest BCUT2D eigenvalue weighted by atomic mass is 32.1. The van der Waals surface area contributed by atoms with E-state index in [2.05, 4.69) is 20.3 Å². The second-order valence-corrected chi connectivity index (χ2v) is 6.00. The minimum atomic E-state index is 0.0166. The van der Waals surface area contributed by atoms with Crippen LogP contribution in [0.15, 0.2) is 42.2 Å². The number of pyridine rings is 1. The smallest absolute Gasteiger partial charge is 0.241 e. The Morgan fingerprint density at radius 3 is 3.00 bits per heavy atom. The molecule has 3 aromatic rings. The van der Waals surface area contributed by atoms with E-state index in [1.54, 1.807) is 29.5 Å². The number of hydrogen-bond acceptors (Lipinski definition) is 6. The molecule has 0 radical (unpaired) electrons. The van der Waals surface area contributed by atoms with E-state index < -0.39 is 0 Å². The number of fused-ring (bicyclic) bond motifs is 1. The summed E-state index contributed by atoms with van der Waals surface area (Å²) in [5, 5.41) is 6.01. The quantitative estimate of drug-likeness (QED) is 0.751. The van der Waals surface area contributed by atoms with Crippen molar-refractivity contribution in [2.75, 3.05) is 25.5 Å². The molecular formula is C16H17N5OS. The van der Waals surface area contributed by atoms with Crippen LogP contribution in [0, 0.1) is 0 Å². The maximum absolute atomic E-state index is 12.2. The second-order valence-electron chi connectivity index (χ2n) is 5.10. The highest BCUT2D eigenvalue weighted by Gasteiger charge is 2.11. The van der Waals surface area contributed by atoms with Crippen LogP contribution in [0.25, 0.3) is 10.2 Å². The third-order valence-corrected chi connectivity index (χ3v) is 4.34. The molecule has 3 heterocycles. The highest BCUT2D eigenvalue weighted by molar-refractivity contribution is 7.16. The van der Waals surface area contributed by atoms with Gasteiger partial charge in [0.2, 0.25) is 5.91 Å². The molecule has 0 saturated carbocycles. The summed E-state index contributed by atoms with van der Waals surface area (Å²) < 4.78 is 0. The summed E-state index contributed by atoms with van der Waals surface area (Å²) in [7, 11) is 1.80. The van der Waals surface area contributed by atoms with Gasteiger partial charge in [-0.1, -0.05) is 6.07 Å². The topological polar surface area (TPSA) is 71.0 Å². The average molecular weight is 327 g/mol. The maximum atomic E-state index is 12.2. The molecule has 1 N–H and O–H groups in total. The van der Waals surface area contributed by atoms with Gasteiger partial charge in [-0.3, -0.25) is 9.78 Å². The number of likely N-dealkylation sites (N-methyl/N-ethyl adjacent to an activating group) is 1. The Hall–Kier alpha value is -2.54. The summed E-state index contributed by atoms with van der Waals surface area (Å²) in [4.78, 5) is 27.5. The van der Waals surface area contributed by atoms with Gasteiger partial charge in [0.15, 0.2) is 0 Å². The Labute approximate surface area is 138 Å². The lowest BCUT2D eigenvalue weighted by atomic mass is 10.2. The van der Waals surface area contributed by atoms with Crippen molar-refractivity contribution < 1.29 is 4.79 Å². The van der Waals surface area contributed by atoms with Crippen LogP contribution >= 0.6 is 11.3 Å². The summed E-state index contributed by atoms with van der Waals surface area (Å²) in [5.74, 6) is 0.714. The molecule has 0 fully saturated rings. The number of amides is 1. The first-order valence-corrected chi connectivity index (χ1v) is 8.18. The van der Waals surface area contributed by atoms with E-state index in [-0.39, 0.29) is 12.5 Å². The summed E-state index contributed by atoms with van der Waals surface area (Å²) in [6.45, 7) is 0.843. The summed E-state index contributed by atoms with van der Waals surface area (Å²) in [5.41, 5.74) is 0.982. The summed E-state index contributed by atoms with van der Waals surface area (Å²) in [6.07, 6.45) is 4.02. The van der Waals surface area contributed by atoms with Crippen LogP contribution in [0.3, 0.4) is 0 Å². The van der Waals surface area contributed by atoms with Crippen molar-refractivity contribution in [3.8, 4) is 0 Å². The van der Waals surface area contributed by atoms with E-state index in [9.17, 15) is 4.79 Å². The molecule has 0 aliphatic rings. The molecule has 3 aromatic heterocycles. The van der Waals surface area contributed by atoms with Crippen molar-refractivity contribution in [2.24, 2.45) is 0 Å². The third-order valence-electron chi connectivity index (χ3n) is 3.52. The minimum absolute atomic E-state index is 0.0166. The van der Waals surface area contributed by atoms with Gasteiger partial charge in [0, 0.05) is 31.9 Å². The fourth-order valence-electron chi connectivity index (χ4n) is 2.18. The molecule has 0 saturated heterocycles. The van der Waals surface area contributed by atoms with E-state index in [4.69, 9.17) is 0 Å². The number of carbonyl (C=O) groups excluding carboxylic acids is 1. The van der Waals surface area contributed by atoms with Gasteiger partial charge < -0.3 is 10.2 Å². The largest absolute Gasteiger partial charge is 0.360 e. The van der Waals surface area contributed by atoms with Gasteiger partial charge in [-0.05, 0) is 23.6 Å². The fourth-order valence-corrected chi connectivity index (χ4v) is 2.91. The SMILES string of the molecule is CN(CCc1ccccn1)C(=O)CNc1ncnc2sccc12. The molecule has 0 unspecified atom stereocenters. The molecule has 23 heavy (non-hydrogen) atoms. The van der Waals surface area contributed by atoms with E-state index in [0.29, 0.717) is 12.4 Å². The Morgan fingerprint density at radius 2 is 2.17 bits per heavy atom. The van der Waals surface area contributed by atoms with Crippen molar-refractivity contribution in [1.82, 2.24) is 19.9 Å². The van der Waals surface area contributed by atoms with Crippen molar-refractivity contribution in [3.63, 3.8) is 0 Å². The fraction of sp³-hybridized carbons (Fsp3) is 0.250. The van der Waals surface area contributed by atoms with Gasteiger partial charge in [-0.2, -0.15) is 0 Å². The number of nitrogens with zero attached hydrogens (tertiary/aromatic N) is 4. The zero-order valence-electron chi connectivity index (χ0n) is 12.8. The normalized spacial score (nSPS) is 10.7. The Bertz CT molecular complexity index is 789. The van der Waals surface area contributed by atoms with Crippen molar-refractivity contribution >= 4 is 33.3 Å². The Balaban J connectivity index is 1.53. The van der Waals surface area contributed by atoms with Crippen molar-refractivity contribution in [3.05, 3.63) is 47.9 Å². The average Bonchev–Trinajstić information content (AvgIpc) is 3.07. The molecule has 0 bridgehead atoms. The Kier molecular flexibility index (Phi) is 4.77. The predicted octanol–water partition coefficient (Wildman–Crippen LogP) is 2.20. The zero-order valence-corrected chi connectivity index (χ0v) is 13.6. The van der Waals surface area contributed by atoms with Gasteiger partial charge in [-0.25, -0.2) is 9.97 Å². The minimum Gasteiger partial charge on any atom is -0.360 e. The lowest BCUT2D eigenvalue weighted by Crippen LogP contribution is -2.34. The van der Waals surface area contributed by atoms with Gasteiger partial charge in [0.05, 0.1) is 11.9 Å². The number of hydrogen-bond donors (Lipinski definition) is 1. The monoisotopic (exact) mass is 327 g/mol. The Morgan fingerprint density at radius 1 is 1.26 bits per heavy atom. The van der Waals surface area contributed by atoms with Gasteiger partial charge >= 0.3 is 0 Å². The number of rotatable bonds is 6. The molecule has 0 aromatic carbocycles. The van der Waals surface area contributed by atoms with Crippen LogP contribution in [-0.4, -0.2) is 45.9 Å². The van der Waals surface area contributed by atoms with E-state index in [1.165, 1.54) is 6.33 Å². The molecule has 3 rings (SSSR count). The molecule has 6 nitrogen and oxygen atoms in total. The number of thiophene rings is 1. The first kappa shape index (κ1) is 15.4. The predicted molar refractivity (Wildman–Crippen MR) is 91.5 cm³/mol. The zero-order chi connectivity index (χ0) is 16.1. The van der Waals surface area contributed by atoms with Crippen molar-refractivity contribution in [1.29, 1.82) is 0 Å². The van der Waals surface area contributed by atoms with Crippen LogP contribution in [-0.2, 0) is 11.2 Å². The number of aromatic nitrogens is 3. The van der Waals surface area contributed by atoms with E-state index in [0.717, 1.165) is 22.3 Å². The molecule has 0 aliphatic heterocycles. The van der Waals surface area contributed by atoms with Crippen molar-refractivity contribution in [2.45, 2.75) is 6.42 Å². The third kappa shape index (κ3) is 3.81. The number of carbonyl (C=O) groups is 1. The summed E-state index contributed by atoms with van der Waals surface area (Å²) in [6, 6.07) is 7.75. The molecule has 0 spiro atoms. The number of nitrogens with one attached hydrogen (secondary N) is 1. The molecule has 0 atom stereocenters. The number of anilines is 1. The summed E-state index contributed by atoms with van der Waals surface area (Å²) >= 11 is 1.55. The molecule has 1 amide bonds. The van der Waals surface area contributed by atoms with Crippen LogP contribution < -0.4 is 5.32 Å². The molecule has 118 valence electrons. The standard InChI is InChI=1S/C16H17N5OS/c1-21(8-5-12-4-2-3-7-17-12)14(22)10-18-15-13-6-9-23-16(13)20-11-19-15/h2-4,6-7,9,11H,5,8,10H2,1H3,(H,18,19,20). The van der Waals surface area contributed by atoms with Crippen LogP contribution in [0.5, 0.6) is 0 Å². The van der Waals surface area contributed by atoms with Gasteiger partial charge in [0.25, 0.3) is 0 Å². The van der Waals surface area contributed by atoms with E-state index in [1.807, 2.05) is 29.6 Å². The lowest BCUT2D eigenvalue weighted by molar-refractivity contribution is -0.128. The maximum Gasteiger partial charge on any atom is 0.241 e. The first-order valence-electron chi connectivity index (χ1n) is 7.30. The van der Waals surface area contributed by atoms with Crippen LogP contribution in [0.4, 0.5) is 5.82 Å². The second kappa shape index (κ2) is 7.15. The molecule has 0 aliphatic carbocycles. The van der Waals surface area contributed by atoms with Crippen LogP contribution in [0.2, 0.25) is 0 Å². The van der Waals surface area contributed by atoms with E-state index >= 15 is 0 Å². The van der Waals surface area contributed by atoms with Gasteiger partial charge in [0.1, 0.15) is 17.0 Å². The first-order chi connectivity index (χ1) is 11.2. The molecular weight excluding hydrogens is 310 g/mol. The highest BCUT2D eigenvalue weighted by Crippen LogP contribution is 2.23. The molecule has 7 heteroatoms.